The van der Waals surface area contributed by atoms with Crippen LogP contribution in [-0.4, -0.2) is 73.2 Å². The molecule has 2 aliphatic rings. The van der Waals surface area contributed by atoms with E-state index in [0.717, 1.165) is 58.5 Å². The van der Waals surface area contributed by atoms with Crippen LogP contribution < -0.4 is 5.32 Å². The lowest BCUT2D eigenvalue weighted by Gasteiger charge is -2.42. The molecule has 0 bridgehead atoms. The maximum atomic E-state index is 12.5. The molecule has 1 N–H and O–H groups in total. The molecule has 0 radical (unpaired) electrons. The lowest BCUT2D eigenvalue weighted by atomic mass is 9.93. The predicted octanol–water partition coefficient (Wildman–Crippen LogP) is 1.91. The molecule has 2 aliphatic heterocycles. The average molecular weight is 375 g/mol. The van der Waals surface area contributed by atoms with E-state index in [0.29, 0.717) is 12.6 Å². The van der Waals surface area contributed by atoms with E-state index in [-0.39, 0.29) is 11.8 Å². The van der Waals surface area contributed by atoms with Gasteiger partial charge in [0, 0.05) is 51.8 Å². The largest absolute Gasteiger partial charge is 0.385 e. The van der Waals surface area contributed by atoms with Crippen molar-refractivity contribution in [2.45, 2.75) is 44.7 Å². The van der Waals surface area contributed by atoms with Crippen molar-refractivity contribution in [1.82, 2.24) is 20.1 Å². The van der Waals surface area contributed by atoms with Gasteiger partial charge in [0.1, 0.15) is 0 Å². The van der Waals surface area contributed by atoms with Crippen molar-refractivity contribution >= 4 is 5.91 Å². The summed E-state index contributed by atoms with van der Waals surface area (Å²) >= 11 is 0. The normalized spacial score (nSPS) is 22.6. The number of likely N-dealkylation sites (tertiary alicyclic amines) is 2. The Morgan fingerprint density at radius 3 is 2.74 bits per heavy atom. The fourth-order valence-corrected chi connectivity index (χ4v) is 4.31. The van der Waals surface area contributed by atoms with Gasteiger partial charge in [-0.3, -0.25) is 19.6 Å². The second-order valence-corrected chi connectivity index (χ2v) is 7.83. The van der Waals surface area contributed by atoms with Gasteiger partial charge in [0.2, 0.25) is 5.91 Å². The molecule has 0 saturated carbocycles. The summed E-state index contributed by atoms with van der Waals surface area (Å²) in [4.78, 5) is 21.7. The van der Waals surface area contributed by atoms with Crippen LogP contribution >= 0.6 is 0 Å². The summed E-state index contributed by atoms with van der Waals surface area (Å²) in [6.45, 7) is 6.77. The van der Waals surface area contributed by atoms with Gasteiger partial charge in [0.05, 0.1) is 5.92 Å². The lowest BCUT2D eigenvalue weighted by Crippen LogP contribution is -2.50. The zero-order chi connectivity index (χ0) is 18.9. The Labute approximate surface area is 163 Å². The Balaban J connectivity index is 1.40. The van der Waals surface area contributed by atoms with Crippen molar-refractivity contribution in [3.05, 3.63) is 30.1 Å². The molecule has 6 heteroatoms. The molecule has 0 aromatic carbocycles. The highest BCUT2D eigenvalue weighted by Crippen LogP contribution is 2.24. The van der Waals surface area contributed by atoms with Crippen LogP contribution in [0.3, 0.4) is 0 Å². The summed E-state index contributed by atoms with van der Waals surface area (Å²) in [5.41, 5.74) is 1.34. The van der Waals surface area contributed by atoms with Crippen molar-refractivity contribution in [2.24, 2.45) is 5.92 Å². The van der Waals surface area contributed by atoms with Crippen LogP contribution in [0.4, 0.5) is 0 Å². The molecule has 2 saturated heterocycles. The fraction of sp³-hybridized carbons (Fsp3) is 0.714. The standard InChI is InChI=1S/C21H34N4O2/c1-27-15-3-9-23-21(26)19-4-2-12-25(17-19)20-7-13-24(14-8-20)16-18-5-10-22-11-6-18/h5-6,10-11,19-20H,2-4,7-9,12-17H2,1H3,(H,23,26)/t19-/m1/s1. The number of amides is 1. The summed E-state index contributed by atoms with van der Waals surface area (Å²) in [5, 5.41) is 3.09. The molecule has 1 aromatic heterocycles. The second kappa shape index (κ2) is 10.7. The van der Waals surface area contributed by atoms with Gasteiger partial charge in [-0.25, -0.2) is 0 Å². The van der Waals surface area contributed by atoms with E-state index in [1.807, 2.05) is 12.4 Å². The van der Waals surface area contributed by atoms with Gasteiger partial charge in [-0.1, -0.05) is 0 Å². The number of rotatable bonds is 8. The summed E-state index contributed by atoms with van der Waals surface area (Å²) < 4.78 is 5.05. The first-order chi connectivity index (χ1) is 13.3. The first-order valence-corrected chi connectivity index (χ1v) is 10.4. The second-order valence-electron chi connectivity index (χ2n) is 7.83. The number of aromatic nitrogens is 1. The molecule has 2 fully saturated rings. The summed E-state index contributed by atoms with van der Waals surface area (Å²) in [7, 11) is 1.70. The van der Waals surface area contributed by atoms with Crippen molar-refractivity contribution in [1.29, 1.82) is 0 Å². The van der Waals surface area contributed by atoms with E-state index in [4.69, 9.17) is 4.74 Å². The molecular formula is C21H34N4O2. The minimum absolute atomic E-state index is 0.149. The first-order valence-electron chi connectivity index (χ1n) is 10.4. The Bertz CT molecular complexity index is 561. The van der Waals surface area contributed by atoms with Crippen molar-refractivity contribution in [3.63, 3.8) is 0 Å². The van der Waals surface area contributed by atoms with Crippen molar-refractivity contribution in [2.75, 3.05) is 46.4 Å². The molecule has 1 aromatic rings. The number of piperidine rings is 2. The molecule has 3 heterocycles. The zero-order valence-corrected chi connectivity index (χ0v) is 16.6. The summed E-state index contributed by atoms with van der Waals surface area (Å²) in [6, 6.07) is 4.84. The number of pyridine rings is 1. The van der Waals surface area contributed by atoms with E-state index in [9.17, 15) is 4.79 Å². The lowest BCUT2D eigenvalue weighted by molar-refractivity contribution is -0.127. The SMILES string of the molecule is COCCCNC(=O)[C@@H]1CCCN(C2CCN(Cc3ccncc3)CC2)C1. The van der Waals surface area contributed by atoms with Crippen LogP contribution in [0.1, 0.15) is 37.7 Å². The minimum Gasteiger partial charge on any atom is -0.385 e. The highest BCUT2D eigenvalue weighted by Gasteiger charge is 2.31. The van der Waals surface area contributed by atoms with Crippen LogP contribution in [0.25, 0.3) is 0 Å². The number of nitrogens with zero attached hydrogens (tertiary/aromatic N) is 3. The smallest absolute Gasteiger partial charge is 0.224 e. The van der Waals surface area contributed by atoms with Gasteiger partial charge < -0.3 is 10.1 Å². The highest BCUT2D eigenvalue weighted by atomic mass is 16.5. The van der Waals surface area contributed by atoms with E-state index in [2.05, 4.69) is 32.2 Å². The molecular weight excluding hydrogens is 340 g/mol. The number of nitrogens with one attached hydrogen (secondary N) is 1. The Morgan fingerprint density at radius 2 is 2.00 bits per heavy atom. The monoisotopic (exact) mass is 374 g/mol. The molecule has 150 valence electrons. The van der Waals surface area contributed by atoms with Gasteiger partial charge in [-0.15, -0.1) is 0 Å². The number of hydrogen-bond acceptors (Lipinski definition) is 5. The van der Waals surface area contributed by atoms with Crippen LogP contribution in [0, 0.1) is 5.92 Å². The maximum Gasteiger partial charge on any atom is 0.224 e. The van der Waals surface area contributed by atoms with Gasteiger partial charge in [0.25, 0.3) is 0 Å². The van der Waals surface area contributed by atoms with Crippen LogP contribution in [0.5, 0.6) is 0 Å². The van der Waals surface area contributed by atoms with Gasteiger partial charge in [-0.05, 0) is 69.4 Å². The number of carbonyl (C=O) groups excluding carboxylic acids is 1. The number of hydrogen-bond donors (Lipinski definition) is 1. The maximum absolute atomic E-state index is 12.5. The van der Waals surface area contributed by atoms with Crippen molar-refractivity contribution < 1.29 is 9.53 Å². The molecule has 27 heavy (non-hydrogen) atoms. The van der Waals surface area contributed by atoms with Gasteiger partial charge in [0.15, 0.2) is 0 Å². The Hall–Kier alpha value is -1.50. The topological polar surface area (TPSA) is 57.7 Å². The number of carbonyl (C=O) groups is 1. The Morgan fingerprint density at radius 1 is 1.22 bits per heavy atom. The molecule has 0 aliphatic carbocycles. The molecule has 3 rings (SSSR count). The van der Waals surface area contributed by atoms with E-state index in [1.165, 1.54) is 18.4 Å². The average Bonchev–Trinajstić information content (AvgIpc) is 2.72. The van der Waals surface area contributed by atoms with E-state index in [1.54, 1.807) is 7.11 Å². The third-order valence-electron chi connectivity index (χ3n) is 5.88. The highest BCUT2D eigenvalue weighted by molar-refractivity contribution is 5.78. The molecule has 0 spiro atoms. The molecule has 1 atom stereocenters. The van der Waals surface area contributed by atoms with Crippen molar-refractivity contribution in [3.8, 4) is 0 Å². The summed E-state index contributed by atoms with van der Waals surface area (Å²) in [6.07, 6.45) is 9.18. The summed E-state index contributed by atoms with van der Waals surface area (Å²) in [5.74, 6) is 0.377. The third-order valence-corrected chi connectivity index (χ3v) is 5.88. The van der Waals surface area contributed by atoms with Crippen LogP contribution in [-0.2, 0) is 16.1 Å². The predicted molar refractivity (Wildman–Crippen MR) is 106 cm³/mol. The fourth-order valence-electron chi connectivity index (χ4n) is 4.31. The zero-order valence-electron chi connectivity index (χ0n) is 16.6. The first kappa shape index (κ1) is 20.2. The van der Waals surface area contributed by atoms with Crippen LogP contribution in [0.2, 0.25) is 0 Å². The quantitative estimate of drug-likeness (QED) is 0.705. The van der Waals surface area contributed by atoms with Crippen LogP contribution in [0.15, 0.2) is 24.5 Å². The molecule has 0 unspecified atom stereocenters. The van der Waals surface area contributed by atoms with E-state index < -0.39 is 0 Å². The minimum atomic E-state index is 0.149. The van der Waals surface area contributed by atoms with Gasteiger partial charge >= 0.3 is 0 Å². The Kier molecular flexibility index (Phi) is 8.05. The molecule has 6 nitrogen and oxygen atoms in total. The molecule has 1 amide bonds. The van der Waals surface area contributed by atoms with E-state index >= 15 is 0 Å². The van der Waals surface area contributed by atoms with Gasteiger partial charge in [-0.2, -0.15) is 0 Å². The number of ether oxygens (including phenoxy) is 1. The third kappa shape index (κ3) is 6.26. The number of methoxy groups -OCH3 is 1.